The molecule has 0 saturated heterocycles. The molecule has 0 aliphatic heterocycles. The molecule has 0 saturated carbocycles. The minimum atomic E-state index is -0.299. The maximum absolute atomic E-state index is 12.9. The van der Waals surface area contributed by atoms with E-state index in [9.17, 15) is 4.39 Å². The zero-order chi connectivity index (χ0) is 13.5. The molecule has 0 aliphatic carbocycles. The van der Waals surface area contributed by atoms with E-state index >= 15 is 0 Å². The highest BCUT2D eigenvalue weighted by atomic mass is 19.1. The summed E-state index contributed by atoms with van der Waals surface area (Å²) in [7, 11) is 1.70. The maximum Gasteiger partial charge on any atom is 0.141 e. The Labute approximate surface area is 109 Å². The van der Waals surface area contributed by atoms with Gasteiger partial charge >= 0.3 is 0 Å². The Morgan fingerprint density at radius 2 is 2.06 bits per heavy atom. The van der Waals surface area contributed by atoms with Gasteiger partial charge in [0.15, 0.2) is 0 Å². The zero-order valence-electron chi connectivity index (χ0n) is 11.6. The maximum atomic E-state index is 12.9. The van der Waals surface area contributed by atoms with E-state index in [0.29, 0.717) is 12.0 Å². The number of ether oxygens (including phenoxy) is 1. The van der Waals surface area contributed by atoms with Crippen molar-refractivity contribution in [2.24, 2.45) is 5.92 Å². The highest BCUT2D eigenvalue weighted by molar-refractivity contribution is 5.11. The Morgan fingerprint density at radius 1 is 1.33 bits per heavy atom. The van der Waals surface area contributed by atoms with Gasteiger partial charge in [0.1, 0.15) is 5.82 Å². The summed E-state index contributed by atoms with van der Waals surface area (Å²) in [4.78, 5) is 4.18. The number of pyridine rings is 1. The van der Waals surface area contributed by atoms with Crippen LogP contribution in [0.3, 0.4) is 0 Å². The number of methoxy groups -OCH3 is 1. The van der Waals surface area contributed by atoms with Crippen LogP contribution >= 0.6 is 0 Å². The monoisotopic (exact) mass is 254 g/mol. The van der Waals surface area contributed by atoms with Crippen molar-refractivity contribution in [3.05, 3.63) is 29.8 Å². The molecule has 18 heavy (non-hydrogen) atoms. The second kappa shape index (κ2) is 7.44. The van der Waals surface area contributed by atoms with Crippen LogP contribution in [0.1, 0.15) is 38.9 Å². The lowest BCUT2D eigenvalue weighted by molar-refractivity contribution is 0.168. The normalized spacial score (nSPS) is 14.8. The molecule has 1 N–H and O–H groups in total. The smallest absolute Gasteiger partial charge is 0.141 e. The minimum absolute atomic E-state index is 0.126. The number of halogens is 1. The van der Waals surface area contributed by atoms with Crippen LogP contribution < -0.4 is 5.32 Å². The average Bonchev–Trinajstić information content (AvgIpc) is 2.34. The summed E-state index contributed by atoms with van der Waals surface area (Å²) in [6, 6.07) is 3.69. The number of hydrogen-bond acceptors (Lipinski definition) is 3. The standard InChI is InChI=1S/C14H23FN2O/c1-10(2)17-14(11(3)7-8-18-4)13-6-5-12(15)9-16-13/h5-6,9-11,14,17H,7-8H2,1-4H3. The van der Waals surface area contributed by atoms with Gasteiger partial charge in [-0.3, -0.25) is 4.98 Å². The molecule has 1 rings (SSSR count). The fourth-order valence-electron chi connectivity index (χ4n) is 1.94. The van der Waals surface area contributed by atoms with Crippen LogP contribution in [0.25, 0.3) is 0 Å². The van der Waals surface area contributed by atoms with Crippen molar-refractivity contribution in [1.82, 2.24) is 10.3 Å². The first-order valence-corrected chi connectivity index (χ1v) is 6.41. The lowest BCUT2D eigenvalue weighted by Crippen LogP contribution is -2.33. The molecule has 0 aromatic carbocycles. The number of nitrogens with zero attached hydrogens (tertiary/aromatic N) is 1. The number of nitrogens with one attached hydrogen (secondary N) is 1. The summed E-state index contributed by atoms with van der Waals surface area (Å²) in [5, 5.41) is 3.48. The second-order valence-electron chi connectivity index (χ2n) is 4.96. The molecule has 0 bridgehead atoms. The summed E-state index contributed by atoms with van der Waals surface area (Å²) in [6.07, 6.45) is 2.22. The Balaban J connectivity index is 2.79. The van der Waals surface area contributed by atoms with Crippen LogP contribution in [-0.4, -0.2) is 24.7 Å². The summed E-state index contributed by atoms with van der Waals surface area (Å²) in [6.45, 7) is 7.07. The van der Waals surface area contributed by atoms with Crippen molar-refractivity contribution in [2.75, 3.05) is 13.7 Å². The average molecular weight is 254 g/mol. The first-order chi connectivity index (χ1) is 8.54. The summed E-state index contributed by atoms with van der Waals surface area (Å²) in [5.74, 6) is 0.0805. The molecule has 0 spiro atoms. The van der Waals surface area contributed by atoms with Crippen LogP contribution in [0.5, 0.6) is 0 Å². The van der Waals surface area contributed by atoms with Crippen molar-refractivity contribution in [3.63, 3.8) is 0 Å². The van der Waals surface area contributed by atoms with Crippen LogP contribution in [-0.2, 0) is 4.74 Å². The van der Waals surface area contributed by atoms with Crippen molar-refractivity contribution in [2.45, 2.75) is 39.3 Å². The Bertz CT molecular complexity index is 340. The van der Waals surface area contributed by atoms with Crippen LogP contribution in [0.15, 0.2) is 18.3 Å². The van der Waals surface area contributed by atoms with Gasteiger partial charge < -0.3 is 10.1 Å². The first kappa shape index (κ1) is 15.1. The van der Waals surface area contributed by atoms with E-state index in [2.05, 4.69) is 31.1 Å². The van der Waals surface area contributed by atoms with Gasteiger partial charge in [0, 0.05) is 19.8 Å². The molecule has 4 heteroatoms. The number of hydrogen-bond donors (Lipinski definition) is 1. The van der Waals surface area contributed by atoms with E-state index < -0.39 is 0 Å². The van der Waals surface area contributed by atoms with Crippen molar-refractivity contribution in [3.8, 4) is 0 Å². The highest BCUT2D eigenvalue weighted by Crippen LogP contribution is 2.23. The lowest BCUT2D eigenvalue weighted by Gasteiger charge is -2.26. The van der Waals surface area contributed by atoms with Gasteiger partial charge in [-0.15, -0.1) is 0 Å². The molecule has 2 unspecified atom stereocenters. The van der Waals surface area contributed by atoms with E-state index in [-0.39, 0.29) is 11.9 Å². The van der Waals surface area contributed by atoms with Gasteiger partial charge in [0.25, 0.3) is 0 Å². The lowest BCUT2D eigenvalue weighted by atomic mass is 9.94. The van der Waals surface area contributed by atoms with Crippen LogP contribution in [0.4, 0.5) is 4.39 Å². The number of aromatic nitrogens is 1. The molecule has 1 heterocycles. The predicted molar refractivity (Wildman–Crippen MR) is 70.9 cm³/mol. The molecule has 102 valence electrons. The highest BCUT2D eigenvalue weighted by Gasteiger charge is 2.21. The van der Waals surface area contributed by atoms with Gasteiger partial charge in [-0.05, 0) is 24.5 Å². The summed E-state index contributed by atoms with van der Waals surface area (Å²) in [5.41, 5.74) is 0.883. The fraction of sp³-hybridized carbons (Fsp3) is 0.643. The van der Waals surface area contributed by atoms with Gasteiger partial charge in [-0.25, -0.2) is 4.39 Å². The van der Waals surface area contributed by atoms with Crippen molar-refractivity contribution in [1.29, 1.82) is 0 Å². The quantitative estimate of drug-likeness (QED) is 0.812. The largest absolute Gasteiger partial charge is 0.385 e. The van der Waals surface area contributed by atoms with E-state index in [1.54, 1.807) is 13.2 Å². The molecule has 0 radical (unpaired) electrons. The molecule has 0 fully saturated rings. The van der Waals surface area contributed by atoms with E-state index in [0.717, 1.165) is 18.7 Å². The van der Waals surface area contributed by atoms with Gasteiger partial charge in [-0.1, -0.05) is 20.8 Å². The second-order valence-corrected chi connectivity index (χ2v) is 4.96. The summed E-state index contributed by atoms with van der Waals surface area (Å²) >= 11 is 0. The fourth-order valence-corrected chi connectivity index (χ4v) is 1.94. The van der Waals surface area contributed by atoms with Gasteiger partial charge in [0.05, 0.1) is 17.9 Å². The predicted octanol–water partition coefficient (Wildman–Crippen LogP) is 2.93. The Hall–Kier alpha value is -1.00. The van der Waals surface area contributed by atoms with E-state index in [1.165, 1.54) is 12.3 Å². The van der Waals surface area contributed by atoms with Crippen LogP contribution in [0, 0.1) is 11.7 Å². The molecule has 1 aromatic heterocycles. The third kappa shape index (κ3) is 4.70. The molecule has 0 aliphatic rings. The molecule has 3 nitrogen and oxygen atoms in total. The molecule has 0 amide bonds. The molecule has 1 aromatic rings. The summed E-state index contributed by atoms with van der Waals surface area (Å²) < 4.78 is 18.0. The SMILES string of the molecule is COCCC(C)C(NC(C)C)c1ccc(F)cn1. The van der Waals surface area contributed by atoms with Crippen molar-refractivity contribution < 1.29 is 9.13 Å². The molecule has 2 atom stereocenters. The van der Waals surface area contributed by atoms with Gasteiger partial charge in [-0.2, -0.15) is 0 Å². The molecular weight excluding hydrogens is 231 g/mol. The zero-order valence-corrected chi connectivity index (χ0v) is 11.6. The Morgan fingerprint density at radius 3 is 2.56 bits per heavy atom. The topological polar surface area (TPSA) is 34.1 Å². The van der Waals surface area contributed by atoms with Crippen LogP contribution in [0.2, 0.25) is 0 Å². The van der Waals surface area contributed by atoms with Crippen molar-refractivity contribution >= 4 is 0 Å². The molecular formula is C14H23FN2O. The third-order valence-electron chi connectivity index (χ3n) is 2.93. The van der Waals surface area contributed by atoms with E-state index in [4.69, 9.17) is 4.74 Å². The van der Waals surface area contributed by atoms with E-state index in [1.807, 2.05) is 0 Å². The number of rotatable bonds is 7. The minimum Gasteiger partial charge on any atom is -0.385 e. The third-order valence-corrected chi connectivity index (χ3v) is 2.93. The Kier molecular flexibility index (Phi) is 6.22. The van der Waals surface area contributed by atoms with Gasteiger partial charge in [0.2, 0.25) is 0 Å². The first-order valence-electron chi connectivity index (χ1n) is 6.41.